The fraction of sp³-hybridized carbons (Fsp3) is 0.900. The topological polar surface area (TPSA) is 70.6 Å². The minimum Gasteiger partial charge on any atom is -0.409 e. The second-order valence-electron chi connectivity index (χ2n) is 4.50. The Hall–Kier alpha value is -0.770. The van der Waals surface area contributed by atoms with Gasteiger partial charge in [-0.15, -0.1) is 0 Å². The molecule has 0 amide bonds. The molecule has 4 nitrogen and oxygen atoms in total. The number of nitrogens with one attached hydrogen (secondary N) is 1. The van der Waals surface area contributed by atoms with Crippen molar-refractivity contribution >= 4 is 5.84 Å². The van der Waals surface area contributed by atoms with Crippen LogP contribution in [0.2, 0.25) is 0 Å². The number of hydrogen-bond donors (Lipinski definition) is 3. The molecule has 0 aromatic rings. The molecule has 0 aliphatic heterocycles. The number of nitrogens with zero attached hydrogens (tertiary/aromatic N) is 1. The summed E-state index contributed by atoms with van der Waals surface area (Å²) in [5, 5.41) is 14.9. The van der Waals surface area contributed by atoms with Gasteiger partial charge in [0.2, 0.25) is 0 Å². The maximum absolute atomic E-state index is 8.38. The van der Waals surface area contributed by atoms with Crippen LogP contribution >= 0.6 is 0 Å². The number of oxime groups is 1. The smallest absolute Gasteiger partial charge is 0.140 e. The lowest BCUT2D eigenvalue weighted by Gasteiger charge is -2.17. The molecular weight excluding hydrogens is 178 g/mol. The molecule has 2 rings (SSSR count). The van der Waals surface area contributed by atoms with Gasteiger partial charge in [-0.25, -0.2) is 0 Å². The third kappa shape index (κ3) is 2.61. The highest BCUT2D eigenvalue weighted by molar-refractivity contribution is 5.79. The van der Waals surface area contributed by atoms with Crippen LogP contribution in [0.5, 0.6) is 0 Å². The third-order valence-electron chi connectivity index (χ3n) is 3.15. The van der Waals surface area contributed by atoms with E-state index < -0.39 is 0 Å². The lowest BCUT2D eigenvalue weighted by Crippen LogP contribution is -2.35. The molecule has 0 aromatic carbocycles. The number of hydrogen-bond acceptors (Lipinski definition) is 3. The van der Waals surface area contributed by atoms with Crippen molar-refractivity contribution in [2.75, 3.05) is 6.54 Å². The van der Waals surface area contributed by atoms with Gasteiger partial charge in [-0.05, 0) is 37.5 Å². The average molecular weight is 197 g/mol. The first-order valence-corrected chi connectivity index (χ1v) is 5.51. The molecule has 0 saturated heterocycles. The fourth-order valence-electron chi connectivity index (χ4n) is 2.05. The van der Waals surface area contributed by atoms with Crippen molar-refractivity contribution in [3.8, 4) is 0 Å². The normalized spacial score (nSPS) is 23.1. The summed E-state index contributed by atoms with van der Waals surface area (Å²) in [4.78, 5) is 0. The van der Waals surface area contributed by atoms with E-state index in [1.807, 2.05) is 0 Å². The predicted octanol–water partition coefficient (Wildman–Crippen LogP) is 0.901. The van der Waals surface area contributed by atoms with Crippen molar-refractivity contribution in [2.45, 2.75) is 38.1 Å². The summed E-state index contributed by atoms with van der Waals surface area (Å²) < 4.78 is 0. The van der Waals surface area contributed by atoms with Crippen LogP contribution in [-0.2, 0) is 0 Å². The molecule has 14 heavy (non-hydrogen) atoms. The number of amidine groups is 1. The molecule has 0 bridgehead atoms. The zero-order chi connectivity index (χ0) is 9.97. The van der Waals surface area contributed by atoms with Crippen LogP contribution in [0.3, 0.4) is 0 Å². The molecule has 0 heterocycles. The van der Waals surface area contributed by atoms with Crippen LogP contribution in [0.4, 0.5) is 0 Å². The Morgan fingerprint density at radius 2 is 1.93 bits per heavy atom. The predicted molar refractivity (Wildman–Crippen MR) is 55.3 cm³/mol. The molecule has 0 aromatic heterocycles. The SMILES string of the molecule is NC(CCNC(C1CC1)C1CC1)=NO. The summed E-state index contributed by atoms with van der Waals surface area (Å²) in [6, 6.07) is 0.710. The summed E-state index contributed by atoms with van der Waals surface area (Å²) in [6.07, 6.45) is 6.19. The van der Waals surface area contributed by atoms with Crippen LogP contribution in [0, 0.1) is 11.8 Å². The highest BCUT2D eigenvalue weighted by atomic mass is 16.4. The quantitative estimate of drug-likeness (QED) is 0.256. The minimum absolute atomic E-state index is 0.322. The van der Waals surface area contributed by atoms with Crippen LogP contribution in [0.25, 0.3) is 0 Å². The van der Waals surface area contributed by atoms with Crippen molar-refractivity contribution in [1.82, 2.24) is 5.32 Å². The van der Waals surface area contributed by atoms with Gasteiger partial charge in [0.1, 0.15) is 5.84 Å². The molecule has 2 fully saturated rings. The second kappa shape index (κ2) is 4.17. The van der Waals surface area contributed by atoms with E-state index in [1.54, 1.807) is 0 Å². The summed E-state index contributed by atoms with van der Waals surface area (Å²) in [5.74, 6) is 2.15. The number of nitrogens with two attached hydrogens (primary N) is 1. The molecule has 0 radical (unpaired) electrons. The summed E-state index contributed by atoms with van der Waals surface area (Å²) in [5.41, 5.74) is 5.40. The van der Waals surface area contributed by atoms with Crippen LogP contribution in [0.15, 0.2) is 5.16 Å². The van der Waals surface area contributed by atoms with E-state index in [9.17, 15) is 0 Å². The molecule has 2 saturated carbocycles. The van der Waals surface area contributed by atoms with Gasteiger partial charge in [0.15, 0.2) is 0 Å². The van der Waals surface area contributed by atoms with Gasteiger partial charge in [-0.2, -0.15) is 0 Å². The molecule has 0 unspecified atom stereocenters. The van der Waals surface area contributed by atoms with E-state index >= 15 is 0 Å². The molecule has 2 aliphatic carbocycles. The lowest BCUT2D eigenvalue weighted by atomic mass is 10.1. The van der Waals surface area contributed by atoms with Crippen LogP contribution in [-0.4, -0.2) is 23.6 Å². The standard InChI is InChI=1S/C10H19N3O/c11-9(13-14)5-6-12-10(7-1-2-7)8-3-4-8/h7-8,10,12,14H,1-6H2,(H2,11,13). The Labute approximate surface area is 84.5 Å². The van der Waals surface area contributed by atoms with Crippen LogP contribution in [0.1, 0.15) is 32.1 Å². The molecule has 2 aliphatic rings. The fourth-order valence-corrected chi connectivity index (χ4v) is 2.05. The van der Waals surface area contributed by atoms with Gasteiger partial charge < -0.3 is 16.3 Å². The van der Waals surface area contributed by atoms with Gasteiger partial charge in [0.25, 0.3) is 0 Å². The summed E-state index contributed by atoms with van der Waals surface area (Å²) >= 11 is 0. The van der Waals surface area contributed by atoms with Gasteiger partial charge in [0.05, 0.1) is 0 Å². The molecular formula is C10H19N3O. The van der Waals surface area contributed by atoms with Crippen molar-refractivity contribution in [2.24, 2.45) is 22.7 Å². The molecule has 4 heteroatoms. The third-order valence-corrected chi connectivity index (χ3v) is 3.15. The summed E-state index contributed by atoms with van der Waals surface area (Å²) in [6.45, 7) is 0.841. The highest BCUT2D eigenvalue weighted by Crippen LogP contribution is 2.44. The van der Waals surface area contributed by atoms with Crippen molar-refractivity contribution in [3.63, 3.8) is 0 Å². The zero-order valence-electron chi connectivity index (χ0n) is 8.45. The monoisotopic (exact) mass is 197 g/mol. The Morgan fingerprint density at radius 1 is 1.36 bits per heavy atom. The average Bonchev–Trinajstić information content (AvgIpc) is 3.03. The highest BCUT2D eigenvalue weighted by Gasteiger charge is 2.40. The van der Waals surface area contributed by atoms with E-state index in [2.05, 4.69) is 10.5 Å². The van der Waals surface area contributed by atoms with Gasteiger partial charge >= 0.3 is 0 Å². The number of rotatable bonds is 6. The van der Waals surface area contributed by atoms with Crippen molar-refractivity contribution in [3.05, 3.63) is 0 Å². The first-order valence-electron chi connectivity index (χ1n) is 5.51. The van der Waals surface area contributed by atoms with E-state index in [4.69, 9.17) is 10.9 Å². The molecule has 80 valence electrons. The van der Waals surface area contributed by atoms with Crippen molar-refractivity contribution < 1.29 is 5.21 Å². The molecule has 0 atom stereocenters. The van der Waals surface area contributed by atoms with E-state index in [0.29, 0.717) is 18.3 Å². The second-order valence-corrected chi connectivity index (χ2v) is 4.50. The molecule has 4 N–H and O–H groups in total. The van der Waals surface area contributed by atoms with E-state index in [-0.39, 0.29) is 0 Å². The molecule has 0 spiro atoms. The Morgan fingerprint density at radius 3 is 2.36 bits per heavy atom. The van der Waals surface area contributed by atoms with E-state index in [0.717, 1.165) is 18.4 Å². The Bertz CT molecular complexity index is 209. The lowest BCUT2D eigenvalue weighted by molar-refractivity contribution is 0.316. The maximum atomic E-state index is 8.38. The Kier molecular flexibility index (Phi) is 2.91. The van der Waals surface area contributed by atoms with Gasteiger partial charge in [-0.3, -0.25) is 0 Å². The Balaban J connectivity index is 1.66. The zero-order valence-corrected chi connectivity index (χ0v) is 8.45. The van der Waals surface area contributed by atoms with E-state index in [1.165, 1.54) is 25.7 Å². The first-order chi connectivity index (χ1) is 6.81. The maximum Gasteiger partial charge on any atom is 0.140 e. The first kappa shape index (κ1) is 9.77. The minimum atomic E-state index is 0.322. The summed E-state index contributed by atoms with van der Waals surface area (Å²) in [7, 11) is 0. The van der Waals surface area contributed by atoms with Gasteiger partial charge in [-0.1, -0.05) is 5.16 Å². The van der Waals surface area contributed by atoms with Crippen molar-refractivity contribution in [1.29, 1.82) is 0 Å². The van der Waals surface area contributed by atoms with Crippen LogP contribution < -0.4 is 11.1 Å². The van der Waals surface area contributed by atoms with Gasteiger partial charge in [0, 0.05) is 19.0 Å². The largest absolute Gasteiger partial charge is 0.409 e.